The van der Waals surface area contributed by atoms with Crippen LogP contribution in [0.25, 0.3) is 0 Å². The van der Waals surface area contributed by atoms with Gasteiger partial charge in [0.15, 0.2) is 0 Å². The summed E-state index contributed by atoms with van der Waals surface area (Å²) >= 11 is 0. The summed E-state index contributed by atoms with van der Waals surface area (Å²) in [6, 6.07) is 4.39. The van der Waals surface area contributed by atoms with E-state index in [4.69, 9.17) is 0 Å². The van der Waals surface area contributed by atoms with Crippen LogP contribution in [0.4, 0.5) is 0 Å². The summed E-state index contributed by atoms with van der Waals surface area (Å²) < 4.78 is 0. The van der Waals surface area contributed by atoms with Crippen molar-refractivity contribution in [2.45, 2.75) is 58.2 Å². The van der Waals surface area contributed by atoms with Gasteiger partial charge in [-0.15, -0.1) is 0 Å². The van der Waals surface area contributed by atoms with Crippen LogP contribution in [0.5, 0.6) is 0 Å². The summed E-state index contributed by atoms with van der Waals surface area (Å²) in [6.07, 6.45) is 8.16. The zero-order valence-corrected chi connectivity index (χ0v) is 13.0. The predicted octanol–water partition coefficient (Wildman–Crippen LogP) is 2.35. The number of rotatable bonds is 4. The van der Waals surface area contributed by atoms with Crippen molar-refractivity contribution < 1.29 is 4.79 Å². The van der Waals surface area contributed by atoms with Crippen molar-refractivity contribution in [3.8, 4) is 0 Å². The molecule has 0 spiro atoms. The lowest BCUT2D eigenvalue weighted by Crippen LogP contribution is -2.56. The molecule has 1 saturated carbocycles. The monoisotopic (exact) mass is 287 g/mol. The van der Waals surface area contributed by atoms with E-state index in [9.17, 15) is 4.79 Å². The Morgan fingerprint density at radius 2 is 2.10 bits per heavy atom. The van der Waals surface area contributed by atoms with E-state index in [1.54, 1.807) is 12.4 Å². The highest BCUT2D eigenvalue weighted by atomic mass is 16.2. The molecule has 1 aliphatic heterocycles. The minimum Gasteiger partial charge on any atom is -0.334 e. The molecule has 0 bridgehead atoms. The first-order valence-electron chi connectivity index (χ1n) is 8.01. The average Bonchev–Trinajstić information content (AvgIpc) is 3.29. The van der Waals surface area contributed by atoms with Gasteiger partial charge in [0.05, 0.1) is 6.04 Å². The number of hydrogen-bond donors (Lipinski definition) is 1. The van der Waals surface area contributed by atoms with Gasteiger partial charge in [-0.25, -0.2) is 0 Å². The van der Waals surface area contributed by atoms with E-state index in [0.29, 0.717) is 12.6 Å². The zero-order chi connectivity index (χ0) is 14.9. The van der Waals surface area contributed by atoms with Gasteiger partial charge in [0.1, 0.15) is 0 Å². The van der Waals surface area contributed by atoms with Crippen LogP contribution in [-0.2, 0) is 11.3 Å². The number of amides is 1. The average molecular weight is 287 g/mol. The largest absolute Gasteiger partial charge is 0.334 e. The molecular weight excluding hydrogens is 262 g/mol. The molecule has 21 heavy (non-hydrogen) atoms. The number of carbonyl (C=O) groups excluding carboxylic acids is 1. The maximum Gasteiger partial charge on any atom is 0.240 e. The number of nitrogens with zero attached hydrogens (tertiary/aromatic N) is 2. The highest BCUT2D eigenvalue weighted by molar-refractivity contribution is 5.83. The second-order valence-corrected chi connectivity index (χ2v) is 7.03. The molecular formula is C17H25N3O. The first-order chi connectivity index (χ1) is 10.1. The van der Waals surface area contributed by atoms with Gasteiger partial charge in [-0.05, 0) is 55.3 Å². The van der Waals surface area contributed by atoms with Gasteiger partial charge in [-0.2, -0.15) is 0 Å². The molecule has 1 aromatic heterocycles. The smallest absolute Gasteiger partial charge is 0.240 e. The normalized spacial score (nSPS) is 24.6. The molecule has 0 aromatic carbocycles. The predicted molar refractivity (Wildman–Crippen MR) is 82.6 cm³/mol. The molecule has 2 aliphatic rings. The van der Waals surface area contributed by atoms with Gasteiger partial charge in [-0.1, -0.05) is 13.8 Å². The molecule has 2 fully saturated rings. The Bertz CT molecular complexity index is 496. The molecule has 2 heterocycles. The van der Waals surface area contributed by atoms with Crippen LogP contribution in [0.2, 0.25) is 0 Å². The molecule has 1 saturated heterocycles. The highest BCUT2D eigenvalue weighted by Crippen LogP contribution is 2.35. The van der Waals surface area contributed by atoms with Gasteiger partial charge in [0.25, 0.3) is 0 Å². The third kappa shape index (κ3) is 3.26. The SMILES string of the molecule is CC1(C)CCCNC1C(=O)N(Cc1ccncc1)C1CC1. The Hall–Kier alpha value is -1.42. The molecule has 3 rings (SSSR count). The topological polar surface area (TPSA) is 45.2 Å². The lowest BCUT2D eigenvalue weighted by atomic mass is 9.77. The lowest BCUT2D eigenvalue weighted by molar-refractivity contribution is -0.138. The summed E-state index contributed by atoms with van der Waals surface area (Å²) in [7, 11) is 0. The third-order valence-corrected chi connectivity index (χ3v) is 4.75. The van der Waals surface area contributed by atoms with Crippen LogP contribution < -0.4 is 5.32 Å². The zero-order valence-electron chi connectivity index (χ0n) is 13.0. The van der Waals surface area contributed by atoms with E-state index in [1.807, 2.05) is 12.1 Å². The number of nitrogens with one attached hydrogen (secondary N) is 1. The molecule has 1 N–H and O–H groups in total. The van der Waals surface area contributed by atoms with Crippen molar-refractivity contribution in [1.82, 2.24) is 15.2 Å². The number of aromatic nitrogens is 1. The summed E-state index contributed by atoms with van der Waals surface area (Å²) in [6.45, 7) is 6.08. The Morgan fingerprint density at radius 1 is 1.38 bits per heavy atom. The summed E-state index contributed by atoms with van der Waals surface area (Å²) in [4.78, 5) is 19.2. The molecule has 1 aliphatic carbocycles. The van der Waals surface area contributed by atoms with Crippen molar-refractivity contribution in [3.05, 3.63) is 30.1 Å². The number of carbonyl (C=O) groups is 1. The highest BCUT2D eigenvalue weighted by Gasteiger charge is 2.42. The molecule has 4 heteroatoms. The van der Waals surface area contributed by atoms with E-state index < -0.39 is 0 Å². The van der Waals surface area contributed by atoms with E-state index in [2.05, 4.69) is 29.0 Å². The maximum absolute atomic E-state index is 13.0. The number of pyridine rings is 1. The molecule has 1 aromatic rings. The molecule has 1 unspecified atom stereocenters. The molecule has 1 atom stereocenters. The van der Waals surface area contributed by atoms with Gasteiger partial charge in [0, 0.05) is 25.0 Å². The fourth-order valence-corrected chi connectivity index (χ4v) is 3.26. The molecule has 4 nitrogen and oxygen atoms in total. The Balaban J connectivity index is 1.76. The maximum atomic E-state index is 13.0. The van der Waals surface area contributed by atoms with E-state index in [-0.39, 0.29) is 17.4 Å². The van der Waals surface area contributed by atoms with Crippen molar-refractivity contribution >= 4 is 5.91 Å². The van der Waals surface area contributed by atoms with Crippen LogP contribution in [0.15, 0.2) is 24.5 Å². The number of piperidine rings is 1. The summed E-state index contributed by atoms with van der Waals surface area (Å²) in [5, 5.41) is 3.45. The van der Waals surface area contributed by atoms with Crippen molar-refractivity contribution in [2.75, 3.05) is 6.54 Å². The fraction of sp³-hybridized carbons (Fsp3) is 0.647. The number of hydrogen-bond acceptors (Lipinski definition) is 3. The quantitative estimate of drug-likeness (QED) is 0.924. The Kier molecular flexibility index (Phi) is 3.98. The van der Waals surface area contributed by atoms with Gasteiger partial charge in [0.2, 0.25) is 5.91 Å². The minimum absolute atomic E-state index is 0.0424. The second kappa shape index (κ2) is 5.76. The van der Waals surface area contributed by atoms with E-state index >= 15 is 0 Å². The van der Waals surface area contributed by atoms with E-state index in [0.717, 1.165) is 32.2 Å². The van der Waals surface area contributed by atoms with Crippen LogP contribution in [-0.4, -0.2) is 34.4 Å². The van der Waals surface area contributed by atoms with Crippen LogP contribution in [0.3, 0.4) is 0 Å². The second-order valence-electron chi connectivity index (χ2n) is 7.03. The molecule has 1 amide bonds. The van der Waals surface area contributed by atoms with Crippen molar-refractivity contribution in [2.24, 2.45) is 5.41 Å². The van der Waals surface area contributed by atoms with Crippen molar-refractivity contribution in [1.29, 1.82) is 0 Å². The standard InChI is InChI=1S/C17H25N3O/c1-17(2)8-3-9-19-15(17)16(21)20(14-4-5-14)12-13-6-10-18-11-7-13/h6-7,10-11,14-15,19H,3-5,8-9,12H2,1-2H3. The molecule has 0 radical (unpaired) electrons. The Labute approximate surface area is 126 Å². The Morgan fingerprint density at radius 3 is 2.71 bits per heavy atom. The summed E-state index contributed by atoms with van der Waals surface area (Å²) in [5.74, 6) is 0.277. The van der Waals surface area contributed by atoms with Crippen molar-refractivity contribution in [3.63, 3.8) is 0 Å². The van der Waals surface area contributed by atoms with Gasteiger partial charge in [-0.3, -0.25) is 9.78 Å². The van der Waals surface area contributed by atoms with Crippen LogP contribution >= 0.6 is 0 Å². The third-order valence-electron chi connectivity index (χ3n) is 4.75. The van der Waals surface area contributed by atoms with Gasteiger partial charge >= 0.3 is 0 Å². The van der Waals surface area contributed by atoms with Crippen LogP contribution in [0.1, 0.15) is 45.1 Å². The van der Waals surface area contributed by atoms with Gasteiger partial charge < -0.3 is 10.2 Å². The lowest BCUT2D eigenvalue weighted by Gasteiger charge is -2.41. The van der Waals surface area contributed by atoms with Crippen LogP contribution in [0, 0.1) is 5.41 Å². The van der Waals surface area contributed by atoms with E-state index in [1.165, 1.54) is 5.56 Å². The first-order valence-corrected chi connectivity index (χ1v) is 8.01. The first kappa shape index (κ1) is 14.5. The summed E-state index contributed by atoms with van der Waals surface area (Å²) in [5.41, 5.74) is 1.21. The minimum atomic E-state index is -0.0475. The fourth-order valence-electron chi connectivity index (χ4n) is 3.26. The molecule has 114 valence electrons.